The van der Waals surface area contributed by atoms with E-state index in [-0.39, 0.29) is 30.1 Å². The second-order valence-electron chi connectivity index (χ2n) is 18.0. The smallest absolute Gasteiger partial charge is 0.282 e. The number of hydrogen-bond acceptors (Lipinski definition) is 9. The molecular formula is C52H52F6N10O3. The van der Waals surface area contributed by atoms with Gasteiger partial charge in [-0.25, -0.2) is 35.7 Å². The van der Waals surface area contributed by atoms with Gasteiger partial charge in [0, 0.05) is 36.8 Å². The highest BCUT2D eigenvalue weighted by Crippen LogP contribution is 2.35. The molecule has 2 saturated carbocycles. The highest BCUT2D eigenvalue weighted by atomic mass is 19.3. The van der Waals surface area contributed by atoms with Gasteiger partial charge in [0.05, 0.1) is 60.1 Å². The van der Waals surface area contributed by atoms with E-state index < -0.39 is 48.5 Å². The normalized spacial score (nSPS) is 15.0. The van der Waals surface area contributed by atoms with Crippen LogP contribution >= 0.6 is 0 Å². The summed E-state index contributed by atoms with van der Waals surface area (Å²) in [6, 6.07) is 29.8. The average Bonchev–Trinajstić information content (AvgIpc) is 4.11. The fourth-order valence-corrected chi connectivity index (χ4v) is 8.15. The molecule has 10 rings (SSSR count). The largest absolute Gasteiger partial charge is 0.380 e. The quantitative estimate of drug-likeness (QED) is 0.0740. The Balaban J connectivity index is 0.000000176. The number of halogens is 6. The van der Waals surface area contributed by atoms with E-state index in [1.165, 1.54) is 58.6 Å². The first-order chi connectivity index (χ1) is 34.3. The topological polar surface area (TPSA) is 136 Å². The highest BCUT2D eigenvalue weighted by molar-refractivity contribution is 5.46. The molecule has 1 N–H and O–H groups in total. The summed E-state index contributed by atoms with van der Waals surface area (Å²) >= 11 is 0. The van der Waals surface area contributed by atoms with Gasteiger partial charge >= 0.3 is 0 Å². The van der Waals surface area contributed by atoms with E-state index in [0.29, 0.717) is 58.9 Å². The first-order valence-corrected chi connectivity index (χ1v) is 23.5. The minimum Gasteiger partial charge on any atom is -0.380 e. The van der Waals surface area contributed by atoms with Crippen LogP contribution in [0.5, 0.6) is 0 Å². The van der Waals surface area contributed by atoms with Crippen LogP contribution in [0.1, 0.15) is 127 Å². The van der Waals surface area contributed by atoms with Crippen LogP contribution in [0, 0.1) is 23.5 Å². The van der Waals surface area contributed by atoms with Crippen molar-refractivity contribution in [3.8, 4) is 11.4 Å². The number of aromatic nitrogens is 10. The van der Waals surface area contributed by atoms with Gasteiger partial charge in [-0.05, 0) is 111 Å². The van der Waals surface area contributed by atoms with Crippen molar-refractivity contribution in [3.63, 3.8) is 0 Å². The van der Waals surface area contributed by atoms with Crippen LogP contribution in [0.15, 0.2) is 122 Å². The molecule has 0 bridgehead atoms. The SMILES string of the molecule is C[C@@H](OCc1ccccc1)c1cc(F)ccc1-n1nc(C(F)F)cc1C(O)c1cn(CC2CC2)nn1.C[C@@H](OCc1ccccc1)c1cc(F)ccc1-n1nc(C(F)F)cc1Cc1cn(CC2CC2)nn1. The molecule has 0 saturated heterocycles. The Bertz CT molecular complexity index is 3010. The number of aliphatic hydroxyl groups excluding tert-OH is 1. The summed E-state index contributed by atoms with van der Waals surface area (Å²) in [5, 5.41) is 35.8. The van der Waals surface area contributed by atoms with Crippen molar-refractivity contribution in [1.82, 2.24) is 49.5 Å². The Hall–Kier alpha value is -6.96. The predicted molar refractivity (Wildman–Crippen MR) is 249 cm³/mol. The fraction of sp³-hybridized carbons (Fsp3) is 0.346. The Morgan fingerprint density at radius 1 is 0.592 bits per heavy atom. The molecule has 0 amide bonds. The predicted octanol–water partition coefficient (Wildman–Crippen LogP) is 11.1. The fourth-order valence-electron chi connectivity index (χ4n) is 8.15. The summed E-state index contributed by atoms with van der Waals surface area (Å²) in [4.78, 5) is 0. The minimum atomic E-state index is -2.86. The molecular weight excluding hydrogens is 927 g/mol. The molecule has 4 heterocycles. The van der Waals surface area contributed by atoms with E-state index >= 15 is 0 Å². The number of nitrogens with zero attached hydrogens (tertiary/aromatic N) is 10. The Morgan fingerprint density at radius 2 is 1.08 bits per heavy atom. The Labute approximate surface area is 405 Å². The molecule has 2 aliphatic carbocycles. The third-order valence-electron chi connectivity index (χ3n) is 12.4. The summed E-state index contributed by atoms with van der Waals surface area (Å²) < 4.78 is 101. The van der Waals surface area contributed by atoms with E-state index in [0.717, 1.165) is 36.6 Å². The van der Waals surface area contributed by atoms with E-state index in [1.807, 2.05) is 73.8 Å². The van der Waals surface area contributed by atoms with Crippen molar-refractivity contribution >= 4 is 0 Å². The number of rotatable bonds is 20. The molecule has 8 aromatic rings. The van der Waals surface area contributed by atoms with Crippen LogP contribution in [0.4, 0.5) is 26.3 Å². The molecule has 0 aliphatic heterocycles. The van der Waals surface area contributed by atoms with Crippen LogP contribution in [0.3, 0.4) is 0 Å². The van der Waals surface area contributed by atoms with Crippen molar-refractivity contribution in [3.05, 3.63) is 190 Å². The zero-order valence-corrected chi connectivity index (χ0v) is 39.0. The van der Waals surface area contributed by atoms with E-state index in [2.05, 4.69) is 30.8 Å². The molecule has 4 aromatic heterocycles. The lowest BCUT2D eigenvalue weighted by Crippen LogP contribution is -2.13. The van der Waals surface area contributed by atoms with Gasteiger partial charge in [0.2, 0.25) is 0 Å². The van der Waals surface area contributed by atoms with Crippen molar-refractivity contribution < 1.29 is 40.9 Å². The molecule has 13 nitrogen and oxygen atoms in total. The van der Waals surface area contributed by atoms with Crippen molar-refractivity contribution in [2.75, 3.05) is 0 Å². The van der Waals surface area contributed by atoms with Crippen LogP contribution in [0.25, 0.3) is 11.4 Å². The van der Waals surface area contributed by atoms with E-state index in [1.54, 1.807) is 28.6 Å². The molecule has 0 spiro atoms. The number of benzene rings is 4. The Kier molecular flexibility index (Phi) is 15.2. The molecule has 71 heavy (non-hydrogen) atoms. The number of ether oxygens (including phenoxy) is 2. The van der Waals surface area contributed by atoms with Gasteiger partial charge in [-0.15, -0.1) is 10.2 Å². The maximum Gasteiger partial charge on any atom is 0.282 e. The number of alkyl halides is 4. The molecule has 4 aromatic carbocycles. The van der Waals surface area contributed by atoms with E-state index in [4.69, 9.17) is 9.47 Å². The van der Waals surface area contributed by atoms with Crippen molar-refractivity contribution in [2.45, 2.75) is 103 Å². The maximum atomic E-state index is 14.3. The lowest BCUT2D eigenvalue weighted by Gasteiger charge is -2.20. The lowest BCUT2D eigenvalue weighted by atomic mass is 10.1. The molecule has 2 fully saturated rings. The summed E-state index contributed by atoms with van der Waals surface area (Å²) in [6.07, 6.45) is 0.280. The zero-order chi connectivity index (χ0) is 49.6. The summed E-state index contributed by atoms with van der Waals surface area (Å²) in [6.45, 7) is 5.67. The standard InChI is InChI=1S/C26H26F3N5O2.C26H26F3N5O/c1-16(36-15-18-5-3-2-4-6-18)20-11-19(27)9-10-23(20)34-24(12-21(31-34)26(28)29)25(35)22-14-33(32-30-22)13-17-7-8-17;1-17(35-16-19-5-3-2-4-6-19)23-11-20(27)9-10-25(23)34-22(13-24(31-34)26(28)29)12-21-15-33(32-30-21)14-18-7-8-18/h2-6,9-12,14,16-17,25-26,35H,7-8,13,15H2,1H3;2-6,9-11,13,15,17-18,26H,7-8,12,14,16H2,1H3/t16-,25?;17-/m11/s1. The highest BCUT2D eigenvalue weighted by Gasteiger charge is 2.29. The van der Waals surface area contributed by atoms with Gasteiger partial charge in [-0.1, -0.05) is 71.1 Å². The summed E-state index contributed by atoms with van der Waals surface area (Å²) in [7, 11) is 0. The van der Waals surface area contributed by atoms with Crippen molar-refractivity contribution in [1.29, 1.82) is 0 Å². The number of hydrogen-bond donors (Lipinski definition) is 1. The van der Waals surface area contributed by atoms with Crippen LogP contribution < -0.4 is 0 Å². The van der Waals surface area contributed by atoms with Crippen LogP contribution in [0.2, 0.25) is 0 Å². The first-order valence-electron chi connectivity index (χ1n) is 23.5. The lowest BCUT2D eigenvalue weighted by molar-refractivity contribution is 0.0521. The maximum absolute atomic E-state index is 14.3. The summed E-state index contributed by atoms with van der Waals surface area (Å²) in [5.41, 5.74) is 4.25. The third-order valence-corrected chi connectivity index (χ3v) is 12.4. The zero-order valence-electron chi connectivity index (χ0n) is 39.0. The molecule has 19 heteroatoms. The molecule has 370 valence electrons. The van der Waals surface area contributed by atoms with Crippen LogP contribution in [-0.4, -0.2) is 54.7 Å². The van der Waals surface area contributed by atoms with E-state index in [9.17, 15) is 31.4 Å². The summed E-state index contributed by atoms with van der Waals surface area (Å²) in [5.74, 6) is 0.242. The third kappa shape index (κ3) is 12.5. The first kappa shape index (κ1) is 49.0. The second-order valence-corrected chi connectivity index (χ2v) is 18.0. The van der Waals surface area contributed by atoms with Gasteiger partial charge in [0.25, 0.3) is 12.9 Å². The molecule has 0 radical (unpaired) electrons. The monoisotopic (exact) mass is 978 g/mol. The van der Waals surface area contributed by atoms with Gasteiger partial charge < -0.3 is 14.6 Å². The Morgan fingerprint density at radius 3 is 1.62 bits per heavy atom. The molecule has 3 atom stereocenters. The van der Waals surface area contributed by atoms with Gasteiger partial charge in [-0.3, -0.25) is 9.36 Å². The van der Waals surface area contributed by atoms with Gasteiger partial charge in [-0.2, -0.15) is 10.2 Å². The molecule has 1 unspecified atom stereocenters. The van der Waals surface area contributed by atoms with Crippen LogP contribution in [-0.2, 0) is 42.2 Å². The van der Waals surface area contributed by atoms with Crippen molar-refractivity contribution in [2.24, 2.45) is 11.8 Å². The average molecular weight is 979 g/mol. The van der Waals surface area contributed by atoms with Gasteiger partial charge in [0.1, 0.15) is 34.8 Å². The van der Waals surface area contributed by atoms with Gasteiger partial charge in [0.15, 0.2) is 0 Å². The minimum absolute atomic E-state index is 0.0758. The second kappa shape index (κ2) is 22.0. The molecule has 2 aliphatic rings. The number of aliphatic hydroxyl groups is 1.